The summed E-state index contributed by atoms with van der Waals surface area (Å²) in [5.74, 6) is 0.259. The molecular formula is C27H27ClN2O2S. The number of carbonyl (C=O) groups excluding carboxylic acids is 2. The molecule has 2 amide bonds. The van der Waals surface area contributed by atoms with E-state index in [1.165, 1.54) is 5.56 Å². The number of amides is 2. The van der Waals surface area contributed by atoms with Gasteiger partial charge < -0.3 is 5.32 Å². The van der Waals surface area contributed by atoms with Crippen LogP contribution in [0.15, 0.2) is 78.9 Å². The van der Waals surface area contributed by atoms with Crippen LogP contribution >= 0.6 is 23.4 Å². The highest BCUT2D eigenvalue weighted by Crippen LogP contribution is 2.42. The van der Waals surface area contributed by atoms with E-state index in [9.17, 15) is 9.59 Å². The molecule has 4 rings (SSSR count). The monoisotopic (exact) mass is 478 g/mol. The zero-order valence-electron chi connectivity index (χ0n) is 18.9. The van der Waals surface area contributed by atoms with Gasteiger partial charge in [0.1, 0.15) is 10.8 Å². The van der Waals surface area contributed by atoms with Gasteiger partial charge in [0.2, 0.25) is 11.8 Å². The van der Waals surface area contributed by atoms with Gasteiger partial charge in [0, 0.05) is 11.4 Å². The summed E-state index contributed by atoms with van der Waals surface area (Å²) in [5, 5.41) is 2.00. The van der Waals surface area contributed by atoms with Crippen LogP contribution < -0.4 is 10.2 Å². The number of benzene rings is 3. The van der Waals surface area contributed by atoms with Crippen molar-refractivity contribution in [3.05, 3.63) is 95.6 Å². The van der Waals surface area contributed by atoms with Gasteiger partial charge in [-0.05, 0) is 46.4 Å². The van der Waals surface area contributed by atoms with E-state index in [-0.39, 0.29) is 22.6 Å². The van der Waals surface area contributed by atoms with Gasteiger partial charge in [0.05, 0.1) is 5.75 Å². The lowest BCUT2D eigenvalue weighted by Gasteiger charge is -2.26. The van der Waals surface area contributed by atoms with Crippen molar-refractivity contribution in [3.8, 4) is 0 Å². The van der Waals surface area contributed by atoms with Crippen LogP contribution in [-0.2, 0) is 15.0 Å². The average molecular weight is 479 g/mol. The normalized spacial score (nSPS) is 17.2. The maximum atomic E-state index is 12.7. The fourth-order valence-corrected chi connectivity index (χ4v) is 5.16. The van der Waals surface area contributed by atoms with Crippen LogP contribution in [0.2, 0.25) is 0 Å². The number of thioether (sulfide) groups is 1. The molecule has 3 aromatic carbocycles. The maximum absolute atomic E-state index is 12.7. The Morgan fingerprint density at radius 1 is 1.00 bits per heavy atom. The van der Waals surface area contributed by atoms with Crippen molar-refractivity contribution >= 4 is 46.6 Å². The third-order valence-electron chi connectivity index (χ3n) is 5.67. The average Bonchev–Trinajstić information content (AvgIpc) is 3.20. The molecule has 0 radical (unpaired) electrons. The molecule has 1 saturated heterocycles. The van der Waals surface area contributed by atoms with E-state index in [2.05, 4.69) is 38.2 Å². The van der Waals surface area contributed by atoms with Gasteiger partial charge in [0.25, 0.3) is 0 Å². The van der Waals surface area contributed by atoms with Crippen LogP contribution in [0.4, 0.5) is 11.4 Å². The molecule has 1 aliphatic rings. The summed E-state index contributed by atoms with van der Waals surface area (Å²) in [6, 6.07) is 25.1. The van der Waals surface area contributed by atoms with E-state index in [1.54, 1.807) is 11.8 Å². The Morgan fingerprint density at radius 2 is 1.64 bits per heavy atom. The molecule has 6 heteroatoms. The molecule has 1 aliphatic heterocycles. The molecule has 1 fully saturated rings. The Morgan fingerprint density at radius 3 is 2.24 bits per heavy atom. The lowest BCUT2D eigenvalue weighted by molar-refractivity contribution is -0.116. The van der Waals surface area contributed by atoms with E-state index in [0.717, 1.165) is 16.8 Å². The third-order valence-corrected chi connectivity index (χ3v) is 7.33. The smallest absolute Gasteiger partial charge is 0.246 e. The van der Waals surface area contributed by atoms with Gasteiger partial charge in [-0.2, -0.15) is 0 Å². The zero-order chi connectivity index (χ0) is 23.6. The van der Waals surface area contributed by atoms with Crippen LogP contribution in [0.1, 0.15) is 48.2 Å². The Hall–Kier alpha value is -2.76. The summed E-state index contributed by atoms with van der Waals surface area (Å²) >= 11 is 7.93. The summed E-state index contributed by atoms with van der Waals surface area (Å²) < 4.78 is 0. The van der Waals surface area contributed by atoms with E-state index in [1.807, 2.05) is 71.6 Å². The van der Waals surface area contributed by atoms with E-state index in [4.69, 9.17) is 11.6 Å². The predicted molar refractivity (Wildman–Crippen MR) is 138 cm³/mol. The zero-order valence-corrected chi connectivity index (χ0v) is 20.5. The minimum absolute atomic E-state index is 0.0600. The number of hydrogen-bond acceptors (Lipinski definition) is 3. The van der Waals surface area contributed by atoms with E-state index < -0.39 is 5.38 Å². The standard InChI is InChI=1S/C27H27ClN2O2S/c1-27(2,3)20-11-15-22(16-12-20)30-23(31)17-33-26(30)19-9-13-21(14-10-19)29-25(32)24(28)18-7-5-4-6-8-18/h4-16,24,26H,17H2,1-3H3,(H,29,32)/t24-,26+/m1/s1. The molecule has 2 atom stereocenters. The first-order valence-corrected chi connectivity index (χ1v) is 12.4. The number of rotatable bonds is 5. The lowest BCUT2D eigenvalue weighted by Crippen LogP contribution is -2.28. The molecule has 1 heterocycles. The Labute approximate surface area is 204 Å². The van der Waals surface area contributed by atoms with Crippen molar-refractivity contribution in [2.45, 2.75) is 36.9 Å². The van der Waals surface area contributed by atoms with Gasteiger partial charge in [0.15, 0.2) is 0 Å². The molecule has 0 unspecified atom stereocenters. The van der Waals surface area contributed by atoms with Crippen LogP contribution in [0.5, 0.6) is 0 Å². The minimum Gasteiger partial charge on any atom is -0.325 e. The summed E-state index contributed by atoms with van der Waals surface area (Å²) in [4.78, 5) is 27.1. The maximum Gasteiger partial charge on any atom is 0.246 e. The molecule has 0 aliphatic carbocycles. The molecule has 0 bridgehead atoms. The second-order valence-electron chi connectivity index (χ2n) is 9.11. The summed E-state index contributed by atoms with van der Waals surface area (Å²) in [6.07, 6.45) is 0. The quantitative estimate of drug-likeness (QED) is 0.416. The minimum atomic E-state index is -0.763. The molecule has 0 spiro atoms. The van der Waals surface area contributed by atoms with Crippen molar-refractivity contribution in [1.29, 1.82) is 0 Å². The van der Waals surface area contributed by atoms with Gasteiger partial charge in [-0.25, -0.2) is 0 Å². The second kappa shape index (κ2) is 9.62. The van der Waals surface area contributed by atoms with Crippen LogP contribution in [0.3, 0.4) is 0 Å². The Kier molecular flexibility index (Phi) is 6.82. The highest BCUT2D eigenvalue weighted by molar-refractivity contribution is 8.00. The number of hydrogen-bond donors (Lipinski definition) is 1. The first kappa shape index (κ1) is 23.4. The van der Waals surface area contributed by atoms with Gasteiger partial charge >= 0.3 is 0 Å². The number of halogens is 1. The number of carbonyl (C=O) groups is 2. The summed E-state index contributed by atoms with van der Waals surface area (Å²) in [6.45, 7) is 6.52. The summed E-state index contributed by atoms with van der Waals surface area (Å²) in [7, 11) is 0. The van der Waals surface area contributed by atoms with E-state index >= 15 is 0 Å². The predicted octanol–water partition coefficient (Wildman–Crippen LogP) is 6.68. The van der Waals surface area contributed by atoms with Gasteiger partial charge in [-0.1, -0.05) is 75.4 Å². The molecule has 1 N–H and O–H groups in total. The molecule has 0 aromatic heterocycles. The molecule has 4 nitrogen and oxygen atoms in total. The van der Waals surface area contributed by atoms with Crippen molar-refractivity contribution in [3.63, 3.8) is 0 Å². The first-order valence-electron chi connectivity index (χ1n) is 10.9. The molecule has 3 aromatic rings. The number of nitrogens with one attached hydrogen (secondary N) is 1. The first-order chi connectivity index (χ1) is 15.7. The third kappa shape index (κ3) is 5.26. The van der Waals surface area contributed by atoms with Gasteiger partial charge in [-0.15, -0.1) is 23.4 Å². The summed E-state index contributed by atoms with van der Waals surface area (Å²) in [5.41, 5.74) is 4.62. The highest BCUT2D eigenvalue weighted by atomic mass is 35.5. The SMILES string of the molecule is CC(C)(C)c1ccc(N2C(=O)CS[C@H]2c2ccc(NC(=O)[C@H](Cl)c3ccccc3)cc2)cc1. The molecule has 33 heavy (non-hydrogen) atoms. The largest absolute Gasteiger partial charge is 0.325 e. The Balaban J connectivity index is 1.48. The topological polar surface area (TPSA) is 49.4 Å². The van der Waals surface area contributed by atoms with Crippen LogP contribution in [0.25, 0.3) is 0 Å². The molecule has 170 valence electrons. The highest BCUT2D eigenvalue weighted by Gasteiger charge is 2.34. The van der Waals surface area contributed by atoms with Crippen molar-refractivity contribution in [1.82, 2.24) is 0 Å². The number of alkyl halides is 1. The van der Waals surface area contributed by atoms with Gasteiger partial charge in [-0.3, -0.25) is 14.5 Å². The molecule has 0 saturated carbocycles. The number of anilines is 2. The van der Waals surface area contributed by atoms with Crippen molar-refractivity contribution in [2.24, 2.45) is 0 Å². The number of nitrogens with zero attached hydrogens (tertiary/aromatic N) is 1. The Bertz CT molecular complexity index is 1130. The molecular weight excluding hydrogens is 452 g/mol. The van der Waals surface area contributed by atoms with Crippen molar-refractivity contribution in [2.75, 3.05) is 16.0 Å². The van der Waals surface area contributed by atoms with Crippen LogP contribution in [-0.4, -0.2) is 17.6 Å². The fourth-order valence-electron chi connectivity index (χ4n) is 3.78. The van der Waals surface area contributed by atoms with Crippen LogP contribution in [0, 0.1) is 0 Å². The van der Waals surface area contributed by atoms with E-state index in [0.29, 0.717) is 11.4 Å². The second-order valence-corrected chi connectivity index (χ2v) is 10.6. The fraction of sp³-hybridized carbons (Fsp3) is 0.259. The van der Waals surface area contributed by atoms with Crippen molar-refractivity contribution < 1.29 is 9.59 Å². The lowest BCUT2D eigenvalue weighted by atomic mass is 9.87.